The van der Waals surface area contributed by atoms with E-state index in [1.54, 1.807) is 42.5 Å². The van der Waals surface area contributed by atoms with Crippen LogP contribution in [0.25, 0.3) is 0 Å². The summed E-state index contributed by atoms with van der Waals surface area (Å²) in [6.07, 6.45) is 2.58. The molecule has 0 saturated carbocycles. The number of rotatable bonds is 14. The number of anilines is 1. The zero-order valence-corrected chi connectivity index (χ0v) is 24.9. The first kappa shape index (κ1) is 31.7. The normalized spacial score (nSPS) is 12.9. The van der Waals surface area contributed by atoms with Gasteiger partial charge in [0, 0.05) is 35.6 Å². The molecule has 2 aromatic rings. The van der Waals surface area contributed by atoms with Crippen LogP contribution in [0.1, 0.15) is 52.0 Å². The van der Waals surface area contributed by atoms with E-state index in [1.165, 1.54) is 16.3 Å². The predicted molar refractivity (Wildman–Crippen MR) is 153 cm³/mol. The molecule has 2 atom stereocenters. The van der Waals surface area contributed by atoms with E-state index in [4.69, 9.17) is 27.9 Å². The standard InChI is InChI=1S/C27H37Cl2N3O5S/c1-6-19(3)30-27(34)25(7-2)31(18-20-10-11-21(28)17-24(20)29)26(33)9-8-16-32(38(5,35)36)22-12-14-23(37-4)15-13-22/h10-15,17,19,25H,6-9,16,18H2,1-5H3,(H,30,34)/t19-,25+/m0/s1. The fraction of sp³-hybridized carbons (Fsp3) is 0.481. The Labute approximate surface area is 236 Å². The van der Waals surface area contributed by atoms with Gasteiger partial charge in [-0.15, -0.1) is 0 Å². The van der Waals surface area contributed by atoms with Crippen molar-refractivity contribution >= 4 is 50.7 Å². The average Bonchev–Trinajstić information content (AvgIpc) is 2.86. The number of hydrogen-bond acceptors (Lipinski definition) is 5. The SMILES string of the molecule is CC[C@H](C(=O)N[C@@H](C)CC)N(Cc1ccc(Cl)cc1Cl)C(=O)CCCN(c1ccc(OC)cc1)S(C)(=O)=O. The van der Waals surface area contributed by atoms with Gasteiger partial charge in [0.1, 0.15) is 11.8 Å². The molecule has 0 spiro atoms. The third-order valence-electron chi connectivity index (χ3n) is 6.26. The Morgan fingerprint density at radius 1 is 1.05 bits per heavy atom. The van der Waals surface area contributed by atoms with Crippen molar-refractivity contribution < 1.29 is 22.7 Å². The van der Waals surface area contributed by atoms with Gasteiger partial charge >= 0.3 is 0 Å². The second-order valence-corrected chi connectivity index (χ2v) is 11.9. The summed E-state index contributed by atoms with van der Waals surface area (Å²) in [6, 6.07) is 10.9. The van der Waals surface area contributed by atoms with Gasteiger partial charge in [-0.1, -0.05) is 43.1 Å². The molecule has 0 aliphatic carbocycles. The summed E-state index contributed by atoms with van der Waals surface area (Å²) in [7, 11) is -2.06. The van der Waals surface area contributed by atoms with E-state index >= 15 is 0 Å². The molecule has 0 aliphatic rings. The van der Waals surface area contributed by atoms with Crippen molar-refractivity contribution in [3.63, 3.8) is 0 Å². The molecule has 1 N–H and O–H groups in total. The molecule has 0 aliphatic heterocycles. The number of nitrogens with one attached hydrogen (secondary N) is 1. The van der Waals surface area contributed by atoms with Crippen molar-refractivity contribution in [1.29, 1.82) is 0 Å². The number of hydrogen-bond donors (Lipinski definition) is 1. The van der Waals surface area contributed by atoms with Crippen molar-refractivity contribution in [2.24, 2.45) is 0 Å². The fourth-order valence-electron chi connectivity index (χ4n) is 3.95. The van der Waals surface area contributed by atoms with Crippen molar-refractivity contribution in [2.75, 3.05) is 24.2 Å². The molecule has 0 saturated heterocycles. The Balaban J connectivity index is 2.25. The van der Waals surface area contributed by atoms with Crippen LogP contribution in [-0.2, 0) is 26.2 Å². The number of carbonyl (C=O) groups excluding carboxylic acids is 2. The Hall–Kier alpha value is -2.49. The number of halogens is 2. The zero-order valence-electron chi connectivity index (χ0n) is 22.5. The van der Waals surface area contributed by atoms with Gasteiger partial charge in [0.05, 0.1) is 19.1 Å². The molecule has 38 heavy (non-hydrogen) atoms. The number of carbonyl (C=O) groups is 2. The van der Waals surface area contributed by atoms with E-state index in [-0.39, 0.29) is 43.8 Å². The topological polar surface area (TPSA) is 96.0 Å². The maximum atomic E-state index is 13.5. The Kier molecular flexibility index (Phi) is 12.2. The van der Waals surface area contributed by atoms with E-state index in [1.807, 2.05) is 20.8 Å². The second-order valence-electron chi connectivity index (χ2n) is 9.14. The molecule has 210 valence electrons. The monoisotopic (exact) mass is 585 g/mol. The Bertz CT molecular complexity index is 1190. The highest BCUT2D eigenvalue weighted by molar-refractivity contribution is 7.92. The van der Waals surface area contributed by atoms with Crippen LogP contribution in [0.15, 0.2) is 42.5 Å². The van der Waals surface area contributed by atoms with Crippen LogP contribution in [0.2, 0.25) is 10.0 Å². The summed E-state index contributed by atoms with van der Waals surface area (Å²) >= 11 is 12.4. The lowest BCUT2D eigenvalue weighted by molar-refractivity contribution is -0.141. The van der Waals surface area contributed by atoms with Crippen LogP contribution in [0.4, 0.5) is 5.69 Å². The maximum absolute atomic E-state index is 13.5. The maximum Gasteiger partial charge on any atom is 0.243 e. The largest absolute Gasteiger partial charge is 0.497 e. The summed E-state index contributed by atoms with van der Waals surface area (Å²) in [5, 5.41) is 3.83. The molecule has 2 aromatic carbocycles. The van der Waals surface area contributed by atoms with Gasteiger partial charge in [0.2, 0.25) is 21.8 Å². The predicted octanol–water partition coefficient (Wildman–Crippen LogP) is 5.27. The first-order valence-corrected chi connectivity index (χ1v) is 15.2. The van der Waals surface area contributed by atoms with E-state index in [9.17, 15) is 18.0 Å². The lowest BCUT2D eigenvalue weighted by Crippen LogP contribution is -2.50. The van der Waals surface area contributed by atoms with E-state index in [0.29, 0.717) is 33.5 Å². The molecular weight excluding hydrogens is 549 g/mol. The van der Waals surface area contributed by atoms with E-state index in [2.05, 4.69) is 5.32 Å². The average molecular weight is 587 g/mol. The van der Waals surface area contributed by atoms with Crippen molar-refractivity contribution in [3.8, 4) is 5.75 Å². The summed E-state index contributed by atoms with van der Waals surface area (Å²) in [5.74, 6) is 0.0942. The van der Waals surface area contributed by atoms with Gasteiger partial charge in [0.25, 0.3) is 0 Å². The van der Waals surface area contributed by atoms with Gasteiger partial charge in [-0.05, 0) is 68.1 Å². The molecule has 2 rings (SSSR count). The highest BCUT2D eigenvalue weighted by atomic mass is 35.5. The molecule has 8 nitrogen and oxygen atoms in total. The number of amides is 2. The molecule has 0 bridgehead atoms. The molecule has 11 heteroatoms. The molecule has 0 unspecified atom stereocenters. The smallest absolute Gasteiger partial charge is 0.243 e. The number of methoxy groups -OCH3 is 1. The molecule has 0 aromatic heterocycles. The van der Waals surface area contributed by atoms with Gasteiger partial charge in [-0.3, -0.25) is 13.9 Å². The highest BCUT2D eigenvalue weighted by Crippen LogP contribution is 2.25. The molecule has 0 radical (unpaired) electrons. The fourth-order valence-corrected chi connectivity index (χ4v) is 5.38. The van der Waals surface area contributed by atoms with Crippen LogP contribution < -0.4 is 14.4 Å². The third-order valence-corrected chi connectivity index (χ3v) is 8.04. The van der Waals surface area contributed by atoms with E-state index < -0.39 is 16.1 Å². The van der Waals surface area contributed by atoms with Crippen molar-refractivity contribution in [2.45, 2.75) is 65.1 Å². The van der Waals surface area contributed by atoms with Gasteiger partial charge in [-0.25, -0.2) is 8.42 Å². The Morgan fingerprint density at radius 3 is 2.24 bits per heavy atom. The van der Waals surface area contributed by atoms with Gasteiger partial charge in [-0.2, -0.15) is 0 Å². The third kappa shape index (κ3) is 9.06. The van der Waals surface area contributed by atoms with Crippen LogP contribution >= 0.6 is 23.2 Å². The number of ether oxygens (including phenoxy) is 1. The molecule has 2 amide bonds. The summed E-state index contributed by atoms with van der Waals surface area (Å²) < 4.78 is 31.4. The highest BCUT2D eigenvalue weighted by Gasteiger charge is 2.30. The molecular formula is C27H37Cl2N3O5S. The Morgan fingerprint density at radius 2 is 1.71 bits per heavy atom. The van der Waals surface area contributed by atoms with E-state index in [0.717, 1.165) is 12.7 Å². The van der Waals surface area contributed by atoms with Crippen molar-refractivity contribution in [3.05, 3.63) is 58.1 Å². The summed E-state index contributed by atoms with van der Waals surface area (Å²) in [6.45, 7) is 5.95. The van der Waals surface area contributed by atoms with Crippen LogP contribution in [0, 0.1) is 0 Å². The van der Waals surface area contributed by atoms with Crippen LogP contribution in [-0.4, -0.2) is 57.1 Å². The number of benzene rings is 2. The first-order chi connectivity index (χ1) is 17.9. The summed E-state index contributed by atoms with van der Waals surface area (Å²) in [5.41, 5.74) is 1.14. The lowest BCUT2D eigenvalue weighted by Gasteiger charge is -2.32. The quantitative estimate of drug-likeness (QED) is 0.326. The zero-order chi connectivity index (χ0) is 28.5. The second kappa shape index (κ2) is 14.6. The van der Waals surface area contributed by atoms with Gasteiger partial charge < -0.3 is 15.0 Å². The minimum Gasteiger partial charge on any atom is -0.497 e. The lowest BCUT2D eigenvalue weighted by atomic mass is 10.1. The first-order valence-electron chi connectivity index (χ1n) is 12.6. The van der Waals surface area contributed by atoms with Crippen LogP contribution in [0.5, 0.6) is 5.75 Å². The minimum absolute atomic E-state index is 0.0413. The summed E-state index contributed by atoms with van der Waals surface area (Å²) in [4.78, 5) is 28.2. The molecule has 0 fully saturated rings. The number of nitrogens with zero attached hydrogens (tertiary/aromatic N) is 2. The van der Waals surface area contributed by atoms with Crippen molar-refractivity contribution in [1.82, 2.24) is 10.2 Å². The van der Waals surface area contributed by atoms with Crippen LogP contribution in [0.3, 0.4) is 0 Å². The minimum atomic E-state index is -3.59. The molecule has 0 heterocycles. The number of sulfonamides is 1. The van der Waals surface area contributed by atoms with Gasteiger partial charge in [0.15, 0.2) is 0 Å².